The molecule has 2 atom stereocenters. The Balaban J connectivity index is 1.61. The highest BCUT2D eigenvalue weighted by molar-refractivity contribution is 5.54. The van der Waals surface area contributed by atoms with Gasteiger partial charge in [0.15, 0.2) is 0 Å². The zero-order chi connectivity index (χ0) is 22.6. The molecule has 3 N–H and O–H groups in total. The second-order valence-electron chi connectivity index (χ2n) is 9.99. The number of aliphatic hydroxyl groups excluding tert-OH is 1. The van der Waals surface area contributed by atoms with E-state index in [1.54, 1.807) is 6.20 Å². The minimum atomic E-state index is -0.278. The maximum atomic E-state index is 9.94. The monoisotopic (exact) mass is 426 g/mol. The van der Waals surface area contributed by atoms with Crippen molar-refractivity contribution >= 4 is 11.8 Å². The lowest BCUT2D eigenvalue weighted by Gasteiger charge is -2.42. The average molecular weight is 427 g/mol. The van der Waals surface area contributed by atoms with Crippen LogP contribution in [0, 0.1) is 22.7 Å². The summed E-state index contributed by atoms with van der Waals surface area (Å²) in [7, 11) is 4.14. The molecule has 1 aromatic heterocycles. The number of aliphatic hydroxyl groups is 1. The molecule has 0 unspecified atom stereocenters. The summed E-state index contributed by atoms with van der Waals surface area (Å²) in [6.45, 7) is 8.91. The number of nitrogens with zero attached hydrogens (tertiary/aromatic N) is 4. The Morgan fingerprint density at radius 3 is 2.48 bits per heavy atom. The molecule has 3 rings (SSSR count). The molecular weight excluding hydrogens is 388 g/mol. The summed E-state index contributed by atoms with van der Waals surface area (Å²) in [5.41, 5.74) is 1.71. The van der Waals surface area contributed by atoms with Gasteiger partial charge in [-0.05, 0) is 57.3 Å². The summed E-state index contributed by atoms with van der Waals surface area (Å²) in [6, 6.07) is 2.65. The fourth-order valence-corrected chi connectivity index (χ4v) is 5.09. The number of hydrogen-bond acceptors (Lipinski definition) is 7. The molecule has 0 aliphatic heterocycles. The van der Waals surface area contributed by atoms with Gasteiger partial charge in [0.05, 0.1) is 12.3 Å². The standard InChI is InChI=1S/C24H38N6O/c1-16(30(4)5)24(2,3)18-9-11-19(12-10-18)28-23-26-15-17(14-25)22(29-23)27-20-7-6-8-21(31)13-20/h15,18-21,31H,1,6-13H2,2-5H3,(H2,26,27,28,29)/t18?,19?,20-,21+/m1/s1. The molecule has 170 valence electrons. The summed E-state index contributed by atoms with van der Waals surface area (Å²) in [5, 5.41) is 26.3. The molecule has 0 saturated heterocycles. The van der Waals surface area contributed by atoms with Crippen molar-refractivity contribution in [2.75, 3.05) is 24.7 Å². The normalized spacial score (nSPS) is 26.6. The van der Waals surface area contributed by atoms with Crippen LogP contribution in [0.1, 0.15) is 70.8 Å². The second-order valence-corrected chi connectivity index (χ2v) is 9.99. The maximum Gasteiger partial charge on any atom is 0.224 e. The Morgan fingerprint density at radius 2 is 1.87 bits per heavy atom. The fourth-order valence-electron chi connectivity index (χ4n) is 5.09. The van der Waals surface area contributed by atoms with Gasteiger partial charge < -0.3 is 20.6 Å². The third-order valence-electron chi connectivity index (χ3n) is 7.26. The number of hydrogen-bond donors (Lipinski definition) is 3. The van der Waals surface area contributed by atoms with E-state index < -0.39 is 0 Å². The zero-order valence-electron chi connectivity index (χ0n) is 19.5. The van der Waals surface area contributed by atoms with E-state index in [0.717, 1.165) is 44.9 Å². The molecule has 1 aromatic rings. The van der Waals surface area contributed by atoms with E-state index in [2.05, 4.69) is 66.1 Å². The van der Waals surface area contributed by atoms with Gasteiger partial charge in [0.1, 0.15) is 17.5 Å². The Bertz CT molecular complexity index is 807. The molecule has 7 nitrogen and oxygen atoms in total. The summed E-state index contributed by atoms with van der Waals surface area (Å²) in [5.74, 6) is 1.74. The Kier molecular flexibility index (Phi) is 7.42. The summed E-state index contributed by atoms with van der Waals surface area (Å²) in [6.07, 6.45) is 9.22. The van der Waals surface area contributed by atoms with Crippen LogP contribution < -0.4 is 10.6 Å². The van der Waals surface area contributed by atoms with E-state index in [0.29, 0.717) is 35.7 Å². The third kappa shape index (κ3) is 5.68. The number of nitriles is 1. The van der Waals surface area contributed by atoms with Crippen LogP contribution in [0.3, 0.4) is 0 Å². The Labute approximate surface area is 187 Å². The second kappa shape index (κ2) is 9.86. The highest BCUT2D eigenvalue weighted by atomic mass is 16.3. The van der Waals surface area contributed by atoms with Crippen molar-refractivity contribution in [1.82, 2.24) is 14.9 Å². The SMILES string of the molecule is C=C(N(C)C)C(C)(C)C1CCC(Nc2ncc(C#N)c(N[C@@H]3CCC[C@H](O)C3)n2)CC1. The lowest BCUT2D eigenvalue weighted by atomic mass is 9.68. The van der Waals surface area contributed by atoms with E-state index in [1.807, 2.05) is 0 Å². The minimum Gasteiger partial charge on any atom is -0.393 e. The van der Waals surface area contributed by atoms with Crippen molar-refractivity contribution in [1.29, 1.82) is 5.26 Å². The molecule has 31 heavy (non-hydrogen) atoms. The molecule has 0 bridgehead atoms. The average Bonchev–Trinajstić information content (AvgIpc) is 2.74. The first-order valence-electron chi connectivity index (χ1n) is 11.6. The van der Waals surface area contributed by atoms with Gasteiger partial charge in [0.25, 0.3) is 0 Å². The largest absolute Gasteiger partial charge is 0.393 e. The number of nitrogens with one attached hydrogen (secondary N) is 2. The molecule has 0 aromatic carbocycles. The van der Waals surface area contributed by atoms with Gasteiger partial charge in [-0.15, -0.1) is 0 Å². The highest BCUT2D eigenvalue weighted by Gasteiger charge is 2.36. The van der Waals surface area contributed by atoms with Crippen molar-refractivity contribution in [3.8, 4) is 6.07 Å². The van der Waals surface area contributed by atoms with E-state index in [1.165, 1.54) is 5.70 Å². The number of rotatable bonds is 7. The predicted octanol–water partition coefficient (Wildman–Crippen LogP) is 4.14. The van der Waals surface area contributed by atoms with Gasteiger partial charge >= 0.3 is 0 Å². The van der Waals surface area contributed by atoms with Crippen molar-refractivity contribution in [2.24, 2.45) is 11.3 Å². The fraction of sp³-hybridized carbons (Fsp3) is 0.708. The van der Waals surface area contributed by atoms with Crippen LogP contribution in [0.4, 0.5) is 11.8 Å². The van der Waals surface area contributed by atoms with Gasteiger partial charge in [-0.1, -0.05) is 20.4 Å². The van der Waals surface area contributed by atoms with Gasteiger partial charge in [0.2, 0.25) is 5.95 Å². The molecule has 0 radical (unpaired) electrons. The molecular formula is C24H38N6O. The van der Waals surface area contributed by atoms with Crippen LogP contribution in [0.5, 0.6) is 0 Å². The number of anilines is 2. The van der Waals surface area contributed by atoms with Crippen molar-refractivity contribution in [3.05, 3.63) is 24.0 Å². The van der Waals surface area contributed by atoms with Crippen molar-refractivity contribution in [2.45, 2.75) is 83.4 Å². The smallest absolute Gasteiger partial charge is 0.224 e. The molecule has 0 spiro atoms. The Morgan fingerprint density at radius 1 is 1.16 bits per heavy atom. The molecule has 7 heteroatoms. The van der Waals surface area contributed by atoms with E-state index in [-0.39, 0.29) is 17.6 Å². The molecule has 0 amide bonds. The van der Waals surface area contributed by atoms with E-state index in [9.17, 15) is 10.4 Å². The van der Waals surface area contributed by atoms with Crippen LogP contribution in [0.25, 0.3) is 0 Å². The first-order valence-corrected chi connectivity index (χ1v) is 11.6. The van der Waals surface area contributed by atoms with Crippen molar-refractivity contribution < 1.29 is 5.11 Å². The maximum absolute atomic E-state index is 9.94. The van der Waals surface area contributed by atoms with Crippen molar-refractivity contribution in [3.63, 3.8) is 0 Å². The molecule has 2 saturated carbocycles. The predicted molar refractivity (Wildman–Crippen MR) is 125 cm³/mol. The number of aromatic nitrogens is 2. The third-order valence-corrected chi connectivity index (χ3v) is 7.26. The molecule has 1 heterocycles. The first kappa shape index (κ1) is 23.3. The summed E-state index contributed by atoms with van der Waals surface area (Å²) >= 11 is 0. The molecule has 2 fully saturated rings. The summed E-state index contributed by atoms with van der Waals surface area (Å²) < 4.78 is 0. The summed E-state index contributed by atoms with van der Waals surface area (Å²) in [4.78, 5) is 11.1. The highest BCUT2D eigenvalue weighted by Crippen LogP contribution is 2.43. The van der Waals surface area contributed by atoms with Gasteiger partial charge in [-0.3, -0.25) is 0 Å². The lowest BCUT2D eigenvalue weighted by Crippen LogP contribution is -2.37. The van der Waals surface area contributed by atoms with Crippen LogP contribution in [0.15, 0.2) is 18.5 Å². The lowest BCUT2D eigenvalue weighted by molar-refractivity contribution is 0.124. The van der Waals surface area contributed by atoms with Gasteiger partial charge in [0, 0.05) is 37.3 Å². The quantitative estimate of drug-likeness (QED) is 0.603. The van der Waals surface area contributed by atoms with Gasteiger partial charge in [-0.25, -0.2) is 4.98 Å². The topological polar surface area (TPSA) is 97.1 Å². The van der Waals surface area contributed by atoms with Crippen LogP contribution in [0.2, 0.25) is 0 Å². The van der Waals surface area contributed by atoms with Crippen LogP contribution >= 0.6 is 0 Å². The van der Waals surface area contributed by atoms with Crippen LogP contribution in [-0.2, 0) is 0 Å². The Hall–Kier alpha value is -2.33. The number of allylic oxidation sites excluding steroid dienone is 1. The van der Waals surface area contributed by atoms with Gasteiger partial charge in [-0.2, -0.15) is 10.2 Å². The van der Waals surface area contributed by atoms with Crippen LogP contribution in [-0.4, -0.2) is 52.3 Å². The minimum absolute atomic E-state index is 0.0844. The molecule has 2 aliphatic carbocycles. The zero-order valence-corrected chi connectivity index (χ0v) is 19.5. The van der Waals surface area contributed by atoms with E-state index >= 15 is 0 Å². The first-order chi connectivity index (χ1) is 14.7. The van der Waals surface area contributed by atoms with E-state index in [4.69, 9.17) is 0 Å². The molecule has 2 aliphatic rings.